The molecule has 0 fully saturated rings. The maximum absolute atomic E-state index is 14.0. The Morgan fingerprint density at radius 1 is 1.03 bits per heavy atom. The van der Waals surface area contributed by atoms with Gasteiger partial charge in [-0.05, 0) is 55.5 Å². The molecule has 1 aromatic heterocycles. The van der Waals surface area contributed by atoms with Crippen molar-refractivity contribution in [3.63, 3.8) is 0 Å². The molecule has 35 heavy (non-hydrogen) atoms. The maximum atomic E-state index is 14.0. The van der Waals surface area contributed by atoms with Crippen molar-refractivity contribution in [2.45, 2.75) is 23.9 Å². The quantitative estimate of drug-likeness (QED) is 0.339. The molecule has 8 nitrogen and oxygen atoms in total. The summed E-state index contributed by atoms with van der Waals surface area (Å²) in [7, 11) is 0. The highest BCUT2D eigenvalue weighted by molar-refractivity contribution is 8.00. The Balaban J connectivity index is 1.51. The molecule has 3 N–H and O–H groups in total. The first-order valence-corrected chi connectivity index (χ1v) is 11.5. The van der Waals surface area contributed by atoms with Crippen LogP contribution < -0.4 is 15.8 Å². The lowest BCUT2D eigenvalue weighted by Crippen LogP contribution is -2.23. The van der Waals surface area contributed by atoms with Crippen LogP contribution >= 0.6 is 11.8 Å². The summed E-state index contributed by atoms with van der Waals surface area (Å²) in [5.74, 6) is -0.700. The van der Waals surface area contributed by atoms with Crippen molar-refractivity contribution >= 4 is 29.3 Å². The zero-order valence-electron chi connectivity index (χ0n) is 18.7. The number of nitrogens with one attached hydrogen (secondary N) is 1. The summed E-state index contributed by atoms with van der Waals surface area (Å²) in [4.78, 5) is 24.0. The van der Waals surface area contributed by atoms with Crippen molar-refractivity contribution < 1.29 is 18.7 Å². The Morgan fingerprint density at radius 3 is 2.40 bits per heavy atom. The first-order chi connectivity index (χ1) is 16.9. The number of benzene rings is 3. The van der Waals surface area contributed by atoms with E-state index in [2.05, 4.69) is 15.5 Å². The smallest absolute Gasteiger partial charge is 0.248 e. The van der Waals surface area contributed by atoms with Crippen LogP contribution in [0.5, 0.6) is 5.75 Å². The standard InChI is InChI=1S/C25H22FN5O3S/c1-16(24(33)28-18-13-11-17(12-14-18)23(27)32)35-25-30-29-22(31(25)19-7-3-2-4-8-19)15-34-21-10-6-5-9-20(21)26/h2-14,16H,15H2,1H3,(H2,27,32)(H,28,33). The summed E-state index contributed by atoms with van der Waals surface area (Å²) < 4.78 is 21.4. The highest BCUT2D eigenvalue weighted by Crippen LogP contribution is 2.27. The lowest BCUT2D eigenvalue weighted by molar-refractivity contribution is -0.115. The Labute approximate surface area is 205 Å². The number of thioether (sulfide) groups is 1. The van der Waals surface area contributed by atoms with Crippen molar-refractivity contribution in [1.29, 1.82) is 0 Å². The molecule has 1 unspecified atom stereocenters. The van der Waals surface area contributed by atoms with E-state index in [0.717, 1.165) is 5.69 Å². The van der Waals surface area contributed by atoms with Gasteiger partial charge >= 0.3 is 0 Å². The average Bonchev–Trinajstić information content (AvgIpc) is 3.26. The number of rotatable bonds is 9. The minimum atomic E-state index is -0.540. The van der Waals surface area contributed by atoms with E-state index in [1.54, 1.807) is 47.9 Å². The van der Waals surface area contributed by atoms with E-state index in [1.807, 2.05) is 30.3 Å². The SMILES string of the molecule is CC(Sc1nnc(COc2ccccc2F)n1-c1ccccc1)C(=O)Nc1ccc(C(N)=O)cc1. The van der Waals surface area contributed by atoms with Crippen LogP contribution in [0.4, 0.5) is 10.1 Å². The predicted octanol–water partition coefficient (Wildman–Crippen LogP) is 4.20. The molecule has 3 aromatic carbocycles. The highest BCUT2D eigenvalue weighted by Gasteiger charge is 2.22. The third kappa shape index (κ3) is 5.85. The molecule has 2 amide bonds. The number of nitrogens with two attached hydrogens (primary N) is 1. The third-order valence-electron chi connectivity index (χ3n) is 5.00. The topological polar surface area (TPSA) is 112 Å². The van der Waals surface area contributed by atoms with Crippen LogP contribution in [-0.2, 0) is 11.4 Å². The van der Waals surface area contributed by atoms with Crippen molar-refractivity contribution in [3.8, 4) is 11.4 Å². The van der Waals surface area contributed by atoms with Crippen LogP contribution in [0.2, 0.25) is 0 Å². The lowest BCUT2D eigenvalue weighted by Gasteiger charge is -2.14. The van der Waals surface area contributed by atoms with Crippen LogP contribution in [-0.4, -0.2) is 31.8 Å². The van der Waals surface area contributed by atoms with Crippen molar-refractivity contribution in [2.24, 2.45) is 5.73 Å². The van der Waals surface area contributed by atoms with Crippen LogP contribution in [0.3, 0.4) is 0 Å². The zero-order valence-corrected chi connectivity index (χ0v) is 19.5. The van der Waals surface area contributed by atoms with Gasteiger partial charge in [-0.15, -0.1) is 10.2 Å². The van der Waals surface area contributed by atoms with Crippen molar-refractivity contribution in [1.82, 2.24) is 14.8 Å². The molecule has 0 aliphatic carbocycles. The number of carbonyl (C=O) groups is 2. The summed E-state index contributed by atoms with van der Waals surface area (Å²) in [6.45, 7) is 1.73. The van der Waals surface area contributed by atoms with Crippen LogP contribution in [0.15, 0.2) is 84.0 Å². The number of hydrogen-bond donors (Lipinski definition) is 2. The van der Waals surface area contributed by atoms with Crippen molar-refractivity contribution in [3.05, 3.63) is 96.1 Å². The van der Waals surface area contributed by atoms with Gasteiger partial charge < -0.3 is 15.8 Å². The molecule has 0 saturated heterocycles. The molecule has 4 rings (SSSR count). The van der Waals surface area contributed by atoms with Crippen molar-refractivity contribution in [2.75, 3.05) is 5.32 Å². The van der Waals surface area contributed by atoms with E-state index < -0.39 is 17.0 Å². The molecule has 0 saturated carbocycles. The van der Waals surface area contributed by atoms with E-state index in [4.69, 9.17) is 10.5 Å². The maximum Gasteiger partial charge on any atom is 0.248 e. The summed E-state index contributed by atoms with van der Waals surface area (Å²) in [5.41, 5.74) is 6.92. The van der Waals surface area contributed by atoms with Gasteiger partial charge in [0.2, 0.25) is 11.8 Å². The zero-order chi connectivity index (χ0) is 24.8. The molecule has 0 bridgehead atoms. The number of primary amides is 1. The molecule has 178 valence electrons. The largest absolute Gasteiger partial charge is 0.483 e. The van der Waals surface area contributed by atoms with Gasteiger partial charge in [-0.2, -0.15) is 0 Å². The summed E-state index contributed by atoms with van der Waals surface area (Å²) in [6, 6.07) is 21.8. The summed E-state index contributed by atoms with van der Waals surface area (Å²) in [6.07, 6.45) is 0. The number of halogens is 1. The normalized spacial score (nSPS) is 11.6. The second-order valence-electron chi connectivity index (χ2n) is 7.48. The number of amides is 2. The number of ether oxygens (including phenoxy) is 1. The monoisotopic (exact) mass is 491 g/mol. The molecule has 0 radical (unpaired) electrons. The van der Waals surface area contributed by atoms with Gasteiger partial charge in [0.15, 0.2) is 22.5 Å². The number of hydrogen-bond acceptors (Lipinski definition) is 6. The molecule has 0 aliphatic rings. The first-order valence-electron chi connectivity index (χ1n) is 10.7. The Hall–Kier alpha value is -4.18. The van der Waals surface area contributed by atoms with Crippen LogP contribution in [0.1, 0.15) is 23.1 Å². The van der Waals surface area contributed by atoms with Gasteiger partial charge in [-0.3, -0.25) is 14.2 Å². The minimum absolute atomic E-state index is 0.0177. The van der Waals surface area contributed by atoms with Gasteiger partial charge in [0, 0.05) is 16.9 Å². The van der Waals surface area contributed by atoms with Gasteiger partial charge in [0.05, 0.1) is 5.25 Å². The van der Waals surface area contributed by atoms with Crippen LogP contribution in [0, 0.1) is 5.82 Å². The van der Waals surface area contributed by atoms with Gasteiger partial charge in [0.1, 0.15) is 6.61 Å². The number of anilines is 1. The number of para-hydroxylation sites is 2. The van der Waals surface area contributed by atoms with E-state index in [9.17, 15) is 14.0 Å². The first kappa shape index (κ1) is 24.0. The van der Waals surface area contributed by atoms with E-state index in [0.29, 0.717) is 22.2 Å². The molecule has 0 spiro atoms. The van der Waals surface area contributed by atoms with E-state index in [-0.39, 0.29) is 18.3 Å². The van der Waals surface area contributed by atoms with E-state index >= 15 is 0 Å². The van der Waals surface area contributed by atoms with E-state index in [1.165, 1.54) is 23.9 Å². The molecule has 4 aromatic rings. The molecule has 10 heteroatoms. The Bertz CT molecular complexity index is 1330. The molecule has 0 aliphatic heterocycles. The second-order valence-corrected chi connectivity index (χ2v) is 8.79. The van der Waals surface area contributed by atoms with Crippen LogP contribution in [0.25, 0.3) is 5.69 Å². The summed E-state index contributed by atoms with van der Waals surface area (Å²) in [5, 5.41) is 11.3. The fraction of sp³-hybridized carbons (Fsp3) is 0.120. The Morgan fingerprint density at radius 2 is 1.71 bits per heavy atom. The highest BCUT2D eigenvalue weighted by atomic mass is 32.2. The third-order valence-corrected chi connectivity index (χ3v) is 6.04. The fourth-order valence-electron chi connectivity index (χ4n) is 3.18. The predicted molar refractivity (Wildman–Crippen MR) is 131 cm³/mol. The number of nitrogens with zero attached hydrogens (tertiary/aromatic N) is 3. The molecule has 1 atom stereocenters. The fourth-order valence-corrected chi connectivity index (χ4v) is 4.07. The average molecular weight is 492 g/mol. The van der Waals surface area contributed by atoms with Gasteiger partial charge in [-0.1, -0.05) is 42.1 Å². The molecule has 1 heterocycles. The Kier molecular flexibility index (Phi) is 7.41. The number of aromatic nitrogens is 3. The lowest BCUT2D eigenvalue weighted by atomic mass is 10.2. The minimum Gasteiger partial charge on any atom is -0.483 e. The molecular weight excluding hydrogens is 469 g/mol. The van der Waals surface area contributed by atoms with Gasteiger partial charge in [-0.25, -0.2) is 4.39 Å². The van der Waals surface area contributed by atoms with Gasteiger partial charge in [0.25, 0.3) is 0 Å². The number of carbonyl (C=O) groups excluding carboxylic acids is 2. The summed E-state index contributed by atoms with van der Waals surface area (Å²) >= 11 is 1.22. The molecular formula is C25H22FN5O3S. The second kappa shape index (κ2) is 10.8.